The molecular formula is C15H21N3O2. The SMILES string of the molecule is CN1CCC(Oc2ccc(N3CCNCC3)cc2)C1=O. The highest BCUT2D eigenvalue weighted by Gasteiger charge is 2.30. The van der Waals surface area contributed by atoms with Crippen LogP contribution in [-0.2, 0) is 4.79 Å². The number of hydrogen-bond acceptors (Lipinski definition) is 4. The van der Waals surface area contributed by atoms with Crippen molar-refractivity contribution in [2.45, 2.75) is 12.5 Å². The highest BCUT2D eigenvalue weighted by atomic mass is 16.5. The largest absolute Gasteiger partial charge is 0.481 e. The molecule has 1 aromatic carbocycles. The van der Waals surface area contributed by atoms with E-state index in [4.69, 9.17) is 4.74 Å². The molecule has 0 bridgehead atoms. The van der Waals surface area contributed by atoms with Crippen molar-refractivity contribution in [1.82, 2.24) is 10.2 Å². The summed E-state index contributed by atoms with van der Waals surface area (Å²) < 4.78 is 5.78. The summed E-state index contributed by atoms with van der Waals surface area (Å²) in [6.45, 7) is 4.91. The van der Waals surface area contributed by atoms with Crippen molar-refractivity contribution < 1.29 is 9.53 Å². The molecule has 5 nitrogen and oxygen atoms in total. The average Bonchev–Trinajstić information content (AvgIpc) is 2.81. The number of amides is 1. The van der Waals surface area contributed by atoms with Crippen LogP contribution in [0.1, 0.15) is 6.42 Å². The van der Waals surface area contributed by atoms with Crippen molar-refractivity contribution in [2.75, 3.05) is 44.7 Å². The highest BCUT2D eigenvalue weighted by Crippen LogP contribution is 2.23. The molecule has 1 aromatic rings. The second kappa shape index (κ2) is 5.71. The Morgan fingerprint density at radius 1 is 1.15 bits per heavy atom. The van der Waals surface area contributed by atoms with Gasteiger partial charge in [-0.3, -0.25) is 4.79 Å². The van der Waals surface area contributed by atoms with Gasteiger partial charge in [0, 0.05) is 51.9 Å². The summed E-state index contributed by atoms with van der Waals surface area (Å²) in [7, 11) is 1.82. The van der Waals surface area contributed by atoms with Gasteiger partial charge in [-0.2, -0.15) is 0 Å². The molecule has 0 aromatic heterocycles. The fourth-order valence-corrected chi connectivity index (χ4v) is 2.72. The van der Waals surface area contributed by atoms with E-state index in [1.807, 2.05) is 19.2 Å². The third-order valence-electron chi connectivity index (χ3n) is 3.98. The molecule has 108 valence electrons. The zero-order valence-electron chi connectivity index (χ0n) is 11.8. The highest BCUT2D eigenvalue weighted by molar-refractivity contribution is 5.83. The van der Waals surface area contributed by atoms with E-state index in [1.54, 1.807) is 4.90 Å². The number of rotatable bonds is 3. The zero-order chi connectivity index (χ0) is 13.9. The number of ether oxygens (including phenoxy) is 1. The van der Waals surface area contributed by atoms with Gasteiger partial charge in [-0.1, -0.05) is 0 Å². The van der Waals surface area contributed by atoms with E-state index in [0.717, 1.165) is 44.9 Å². The van der Waals surface area contributed by atoms with Gasteiger partial charge >= 0.3 is 0 Å². The molecule has 3 rings (SSSR count). The van der Waals surface area contributed by atoms with Gasteiger partial charge in [0.25, 0.3) is 5.91 Å². The van der Waals surface area contributed by atoms with Gasteiger partial charge in [-0.15, -0.1) is 0 Å². The van der Waals surface area contributed by atoms with E-state index in [0.29, 0.717) is 0 Å². The third-order valence-corrected chi connectivity index (χ3v) is 3.98. The summed E-state index contributed by atoms with van der Waals surface area (Å²) in [6, 6.07) is 8.07. The van der Waals surface area contributed by atoms with E-state index in [9.17, 15) is 4.79 Å². The third kappa shape index (κ3) is 2.72. The van der Waals surface area contributed by atoms with Crippen LogP contribution in [-0.4, -0.2) is 56.7 Å². The summed E-state index contributed by atoms with van der Waals surface area (Å²) >= 11 is 0. The van der Waals surface area contributed by atoms with Crippen LogP contribution in [0.5, 0.6) is 5.75 Å². The summed E-state index contributed by atoms with van der Waals surface area (Å²) in [6.07, 6.45) is 0.458. The first-order valence-corrected chi connectivity index (χ1v) is 7.21. The fourth-order valence-electron chi connectivity index (χ4n) is 2.72. The molecule has 1 atom stereocenters. The van der Waals surface area contributed by atoms with Crippen LogP contribution in [0.2, 0.25) is 0 Å². The van der Waals surface area contributed by atoms with Crippen LogP contribution in [0, 0.1) is 0 Å². The number of hydrogen-bond donors (Lipinski definition) is 1. The molecule has 20 heavy (non-hydrogen) atoms. The lowest BCUT2D eigenvalue weighted by Crippen LogP contribution is -2.43. The summed E-state index contributed by atoms with van der Waals surface area (Å²) in [5, 5.41) is 3.34. The maximum absolute atomic E-state index is 11.8. The van der Waals surface area contributed by atoms with E-state index in [-0.39, 0.29) is 12.0 Å². The molecule has 0 radical (unpaired) electrons. The number of nitrogens with zero attached hydrogens (tertiary/aromatic N) is 2. The Labute approximate surface area is 119 Å². The van der Waals surface area contributed by atoms with Crippen molar-refractivity contribution in [2.24, 2.45) is 0 Å². The predicted molar refractivity (Wildman–Crippen MR) is 78.2 cm³/mol. The van der Waals surface area contributed by atoms with Crippen LogP contribution in [0.25, 0.3) is 0 Å². The molecule has 0 aliphatic carbocycles. The molecule has 2 aliphatic heterocycles. The lowest BCUT2D eigenvalue weighted by Gasteiger charge is -2.29. The number of benzene rings is 1. The molecule has 1 amide bonds. The average molecular weight is 275 g/mol. The normalized spacial score (nSPS) is 23.2. The standard InChI is InChI=1S/C15H21N3O2/c1-17-9-6-14(15(17)19)20-13-4-2-12(3-5-13)18-10-7-16-8-11-18/h2-5,14,16H,6-11H2,1H3. The fraction of sp³-hybridized carbons (Fsp3) is 0.533. The van der Waals surface area contributed by atoms with Crippen LogP contribution >= 0.6 is 0 Å². The van der Waals surface area contributed by atoms with Gasteiger partial charge in [0.05, 0.1) is 0 Å². The van der Waals surface area contributed by atoms with Gasteiger partial charge in [0.1, 0.15) is 5.75 Å². The van der Waals surface area contributed by atoms with Crippen molar-refractivity contribution in [3.63, 3.8) is 0 Å². The zero-order valence-corrected chi connectivity index (χ0v) is 11.8. The first-order valence-electron chi connectivity index (χ1n) is 7.21. The first-order chi connectivity index (χ1) is 9.74. The molecule has 0 saturated carbocycles. The lowest BCUT2D eigenvalue weighted by molar-refractivity contribution is -0.132. The van der Waals surface area contributed by atoms with Crippen LogP contribution < -0.4 is 15.0 Å². The van der Waals surface area contributed by atoms with Gasteiger partial charge in [-0.25, -0.2) is 0 Å². The Morgan fingerprint density at radius 2 is 1.85 bits per heavy atom. The quantitative estimate of drug-likeness (QED) is 0.882. The van der Waals surface area contributed by atoms with Crippen LogP contribution in [0.15, 0.2) is 24.3 Å². The minimum Gasteiger partial charge on any atom is -0.481 e. The summed E-state index contributed by atoms with van der Waals surface area (Å²) in [4.78, 5) is 15.9. The molecular weight excluding hydrogens is 254 g/mol. The number of likely N-dealkylation sites (tertiary alicyclic amines) is 1. The number of carbonyl (C=O) groups excluding carboxylic acids is 1. The van der Waals surface area contributed by atoms with E-state index >= 15 is 0 Å². The Morgan fingerprint density at radius 3 is 2.45 bits per heavy atom. The first kappa shape index (κ1) is 13.2. The topological polar surface area (TPSA) is 44.8 Å². The molecule has 1 unspecified atom stereocenters. The summed E-state index contributed by atoms with van der Waals surface area (Å²) in [5.41, 5.74) is 1.22. The van der Waals surface area contributed by atoms with Crippen molar-refractivity contribution in [3.05, 3.63) is 24.3 Å². The number of carbonyl (C=O) groups is 1. The summed E-state index contributed by atoms with van der Waals surface area (Å²) in [5.74, 6) is 0.855. The molecule has 1 N–H and O–H groups in total. The number of anilines is 1. The minimum absolute atomic E-state index is 0.0798. The van der Waals surface area contributed by atoms with E-state index in [2.05, 4.69) is 22.3 Å². The Bertz CT molecular complexity index is 469. The monoisotopic (exact) mass is 275 g/mol. The molecule has 2 heterocycles. The maximum atomic E-state index is 11.8. The van der Waals surface area contributed by atoms with Gasteiger partial charge < -0.3 is 19.9 Å². The lowest BCUT2D eigenvalue weighted by atomic mass is 10.2. The molecule has 2 fully saturated rings. The molecule has 2 saturated heterocycles. The van der Waals surface area contributed by atoms with Gasteiger partial charge in [0.2, 0.25) is 0 Å². The maximum Gasteiger partial charge on any atom is 0.263 e. The number of nitrogens with one attached hydrogen (secondary N) is 1. The van der Waals surface area contributed by atoms with Crippen molar-refractivity contribution in [3.8, 4) is 5.75 Å². The van der Waals surface area contributed by atoms with E-state index < -0.39 is 0 Å². The second-order valence-electron chi connectivity index (χ2n) is 5.39. The Hall–Kier alpha value is -1.75. The smallest absolute Gasteiger partial charge is 0.263 e. The molecule has 2 aliphatic rings. The van der Waals surface area contributed by atoms with Crippen LogP contribution in [0.4, 0.5) is 5.69 Å². The number of piperazine rings is 1. The number of likely N-dealkylation sites (N-methyl/N-ethyl adjacent to an activating group) is 1. The van der Waals surface area contributed by atoms with Gasteiger partial charge in [0.15, 0.2) is 6.10 Å². The predicted octanol–water partition coefficient (Wildman–Crippen LogP) is 0.706. The van der Waals surface area contributed by atoms with Crippen molar-refractivity contribution >= 4 is 11.6 Å². The molecule has 0 spiro atoms. The van der Waals surface area contributed by atoms with Gasteiger partial charge in [-0.05, 0) is 24.3 Å². The Balaban J connectivity index is 1.62. The van der Waals surface area contributed by atoms with E-state index in [1.165, 1.54) is 5.69 Å². The van der Waals surface area contributed by atoms with Crippen molar-refractivity contribution in [1.29, 1.82) is 0 Å². The second-order valence-corrected chi connectivity index (χ2v) is 5.39. The van der Waals surface area contributed by atoms with Crippen LogP contribution in [0.3, 0.4) is 0 Å². The molecule has 5 heteroatoms. The Kier molecular flexibility index (Phi) is 3.78. The minimum atomic E-state index is -0.315.